The van der Waals surface area contributed by atoms with Gasteiger partial charge in [-0.1, -0.05) is 49.1 Å². The number of hydrogen-bond donors (Lipinski definition) is 1. The van der Waals surface area contributed by atoms with Crippen LogP contribution in [0, 0.1) is 0 Å². The summed E-state index contributed by atoms with van der Waals surface area (Å²) in [6.45, 7) is 5.45. The number of nitrogens with one attached hydrogen (secondary N) is 1. The molecule has 1 amide bonds. The molecule has 0 saturated carbocycles. The van der Waals surface area contributed by atoms with Crippen molar-refractivity contribution < 1.29 is 9.53 Å². The zero-order valence-corrected chi connectivity index (χ0v) is 11.4. The monoisotopic (exact) mass is 267 g/mol. The summed E-state index contributed by atoms with van der Waals surface area (Å²) in [5.74, 6) is 0.466. The third kappa shape index (κ3) is 3.48. The summed E-state index contributed by atoms with van der Waals surface area (Å²) in [7, 11) is 0. The zero-order chi connectivity index (χ0) is 14.4. The average Bonchev–Trinajstić information content (AvgIpc) is 2.48. The molecule has 1 atom stereocenters. The lowest BCUT2D eigenvalue weighted by molar-refractivity contribution is -0.122. The quantitative estimate of drug-likeness (QED) is 0.896. The molecule has 0 radical (unpaired) electrons. The van der Waals surface area contributed by atoms with Crippen LogP contribution < -0.4 is 10.1 Å². The molecule has 3 nitrogen and oxygen atoms in total. The first kappa shape index (κ1) is 13.9. The van der Waals surface area contributed by atoms with E-state index >= 15 is 0 Å². The number of para-hydroxylation sites is 2. The number of anilines is 1. The minimum absolute atomic E-state index is 0.185. The number of ether oxygens (including phenoxy) is 1. The third-order valence-electron chi connectivity index (χ3n) is 2.85. The van der Waals surface area contributed by atoms with E-state index < -0.39 is 6.10 Å². The minimum Gasteiger partial charge on any atom is -0.480 e. The van der Waals surface area contributed by atoms with Crippen LogP contribution in [0.2, 0.25) is 0 Å². The summed E-state index contributed by atoms with van der Waals surface area (Å²) in [5.41, 5.74) is 1.62. The van der Waals surface area contributed by atoms with Crippen LogP contribution in [0.3, 0.4) is 0 Å². The van der Waals surface area contributed by atoms with E-state index in [-0.39, 0.29) is 5.91 Å². The molecule has 0 aromatic heterocycles. The SMILES string of the molecule is C=Cc1ccccc1OC(C)C(=O)Nc1ccccc1. The Balaban J connectivity index is 2.02. The minimum atomic E-state index is -0.587. The Bertz CT molecular complexity index is 593. The molecule has 0 aliphatic carbocycles. The Kier molecular flexibility index (Phi) is 4.56. The van der Waals surface area contributed by atoms with Gasteiger partial charge in [0.05, 0.1) is 0 Å². The molecule has 0 fully saturated rings. The number of carbonyl (C=O) groups excluding carboxylic acids is 1. The molecule has 0 aliphatic heterocycles. The normalized spacial score (nSPS) is 11.4. The molecule has 2 aromatic carbocycles. The molecule has 0 heterocycles. The summed E-state index contributed by atoms with van der Waals surface area (Å²) in [5, 5.41) is 2.81. The Labute approximate surface area is 118 Å². The van der Waals surface area contributed by atoms with Crippen LogP contribution in [-0.2, 0) is 4.79 Å². The maximum absolute atomic E-state index is 12.1. The lowest BCUT2D eigenvalue weighted by Crippen LogP contribution is -2.30. The average molecular weight is 267 g/mol. The summed E-state index contributed by atoms with van der Waals surface area (Å²) in [6.07, 6.45) is 1.12. The molecule has 0 spiro atoms. The van der Waals surface area contributed by atoms with Crippen LogP contribution in [0.25, 0.3) is 6.08 Å². The fourth-order valence-corrected chi connectivity index (χ4v) is 1.77. The van der Waals surface area contributed by atoms with E-state index in [2.05, 4.69) is 11.9 Å². The maximum Gasteiger partial charge on any atom is 0.265 e. The van der Waals surface area contributed by atoms with Crippen LogP contribution in [-0.4, -0.2) is 12.0 Å². The maximum atomic E-state index is 12.1. The van der Waals surface area contributed by atoms with E-state index in [1.165, 1.54) is 0 Å². The second kappa shape index (κ2) is 6.57. The first-order valence-corrected chi connectivity index (χ1v) is 6.44. The molecule has 1 N–H and O–H groups in total. The van der Waals surface area contributed by atoms with Crippen molar-refractivity contribution in [1.29, 1.82) is 0 Å². The van der Waals surface area contributed by atoms with E-state index in [0.717, 1.165) is 11.3 Å². The molecular weight excluding hydrogens is 250 g/mol. The molecule has 0 bridgehead atoms. The molecule has 1 unspecified atom stereocenters. The van der Waals surface area contributed by atoms with Gasteiger partial charge in [-0.25, -0.2) is 0 Å². The smallest absolute Gasteiger partial charge is 0.265 e. The summed E-state index contributed by atoms with van der Waals surface area (Å²) in [6, 6.07) is 16.8. The van der Waals surface area contributed by atoms with Crippen molar-refractivity contribution >= 4 is 17.7 Å². The number of hydrogen-bond acceptors (Lipinski definition) is 2. The highest BCUT2D eigenvalue weighted by Gasteiger charge is 2.15. The number of carbonyl (C=O) groups is 1. The molecule has 20 heavy (non-hydrogen) atoms. The van der Waals surface area contributed by atoms with Gasteiger partial charge in [-0.2, -0.15) is 0 Å². The van der Waals surface area contributed by atoms with E-state index in [0.29, 0.717) is 5.75 Å². The number of amides is 1. The lowest BCUT2D eigenvalue weighted by Gasteiger charge is -2.16. The summed E-state index contributed by atoms with van der Waals surface area (Å²) >= 11 is 0. The highest BCUT2D eigenvalue weighted by atomic mass is 16.5. The van der Waals surface area contributed by atoms with Crippen molar-refractivity contribution in [2.45, 2.75) is 13.0 Å². The second-order valence-corrected chi connectivity index (χ2v) is 4.36. The van der Waals surface area contributed by atoms with Crippen LogP contribution in [0.1, 0.15) is 12.5 Å². The van der Waals surface area contributed by atoms with Gasteiger partial charge < -0.3 is 10.1 Å². The topological polar surface area (TPSA) is 38.3 Å². The van der Waals surface area contributed by atoms with Gasteiger partial charge >= 0.3 is 0 Å². The Morgan fingerprint density at radius 2 is 1.80 bits per heavy atom. The predicted molar refractivity (Wildman–Crippen MR) is 81.7 cm³/mol. The lowest BCUT2D eigenvalue weighted by atomic mass is 10.2. The Morgan fingerprint density at radius 3 is 2.50 bits per heavy atom. The number of benzene rings is 2. The predicted octanol–water partition coefficient (Wildman–Crippen LogP) is 3.74. The Morgan fingerprint density at radius 1 is 1.15 bits per heavy atom. The number of rotatable bonds is 5. The Hall–Kier alpha value is -2.55. The van der Waals surface area contributed by atoms with E-state index in [4.69, 9.17) is 4.74 Å². The molecule has 3 heteroatoms. The first-order chi connectivity index (χ1) is 9.70. The van der Waals surface area contributed by atoms with Crippen LogP contribution >= 0.6 is 0 Å². The van der Waals surface area contributed by atoms with Crippen molar-refractivity contribution in [3.63, 3.8) is 0 Å². The van der Waals surface area contributed by atoms with E-state index in [1.807, 2.05) is 54.6 Å². The van der Waals surface area contributed by atoms with Crippen molar-refractivity contribution in [2.24, 2.45) is 0 Å². The zero-order valence-electron chi connectivity index (χ0n) is 11.4. The second-order valence-electron chi connectivity index (χ2n) is 4.36. The van der Waals surface area contributed by atoms with E-state index in [9.17, 15) is 4.79 Å². The van der Waals surface area contributed by atoms with Crippen LogP contribution in [0.5, 0.6) is 5.75 Å². The highest BCUT2D eigenvalue weighted by Crippen LogP contribution is 2.20. The fourth-order valence-electron chi connectivity index (χ4n) is 1.77. The van der Waals surface area contributed by atoms with Crippen LogP contribution in [0.15, 0.2) is 61.2 Å². The molecular formula is C17H17NO2. The fraction of sp³-hybridized carbons (Fsp3) is 0.118. The van der Waals surface area contributed by atoms with Gasteiger partial charge in [-0.15, -0.1) is 0 Å². The largest absolute Gasteiger partial charge is 0.480 e. The van der Waals surface area contributed by atoms with Gasteiger partial charge in [-0.05, 0) is 25.1 Å². The van der Waals surface area contributed by atoms with Gasteiger partial charge in [0.1, 0.15) is 5.75 Å². The van der Waals surface area contributed by atoms with Crippen molar-refractivity contribution in [3.8, 4) is 5.75 Å². The van der Waals surface area contributed by atoms with Crippen molar-refractivity contribution in [1.82, 2.24) is 0 Å². The summed E-state index contributed by atoms with van der Waals surface area (Å²) in [4.78, 5) is 12.1. The molecule has 2 aromatic rings. The first-order valence-electron chi connectivity index (χ1n) is 6.44. The highest BCUT2D eigenvalue weighted by molar-refractivity contribution is 5.94. The molecule has 0 aliphatic rings. The third-order valence-corrected chi connectivity index (χ3v) is 2.85. The van der Waals surface area contributed by atoms with Gasteiger partial charge in [0.2, 0.25) is 0 Å². The van der Waals surface area contributed by atoms with E-state index in [1.54, 1.807) is 13.0 Å². The van der Waals surface area contributed by atoms with Crippen LogP contribution in [0.4, 0.5) is 5.69 Å². The molecule has 102 valence electrons. The molecule has 0 saturated heterocycles. The van der Waals surface area contributed by atoms with Gasteiger partial charge in [0.15, 0.2) is 6.10 Å². The van der Waals surface area contributed by atoms with Gasteiger partial charge in [-0.3, -0.25) is 4.79 Å². The van der Waals surface area contributed by atoms with Gasteiger partial charge in [0, 0.05) is 11.3 Å². The summed E-state index contributed by atoms with van der Waals surface area (Å²) < 4.78 is 5.69. The van der Waals surface area contributed by atoms with Gasteiger partial charge in [0.25, 0.3) is 5.91 Å². The standard InChI is InChI=1S/C17H17NO2/c1-3-14-9-7-8-12-16(14)20-13(2)17(19)18-15-10-5-4-6-11-15/h3-13H,1H2,2H3,(H,18,19). The molecule has 2 rings (SSSR count). The van der Waals surface area contributed by atoms with Crippen molar-refractivity contribution in [3.05, 3.63) is 66.7 Å². The van der Waals surface area contributed by atoms with Crippen molar-refractivity contribution in [2.75, 3.05) is 5.32 Å².